The molecule has 0 bridgehead atoms. The fourth-order valence-corrected chi connectivity index (χ4v) is 3.70. The molecule has 2 saturated carbocycles. The van der Waals surface area contributed by atoms with Crippen molar-refractivity contribution in [2.24, 2.45) is 29.6 Å². The van der Waals surface area contributed by atoms with Crippen LogP contribution < -0.4 is 5.32 Å². The fourth-order valence-electron chi connectivity index (χ4n) is 3.70. The van der Waals surface area contributed by atoms with Gasteiger partial charge in [-0.2, -0.15) is 0 Å². The molecule has 1 nitrogen and oxygen atoms in total. The molecule has 0 amide bonds. The van der Waals surface area contributed by atoms with Crippen LogP contribution in [0.25, 0.3) is 0 Å². The van der Waals surface area contributed by atoms with E-state index < -0.39 is 0 Å². The predicted molar refractivity (Wildman–Crippen MR) is 79.6 cm³/mol. The Morgan fingerprint density at radius 3 is 2.22 bits per heavy atom. The zero-order valence-corrected chi connectivity index (χ0v) is 13.1. The second-order valence-corrected chi connectivity index (χ2v) is 8.21. The van der Waals surface area contributed by atoms with Crippen LogP contribution in [0.5, 0.6) is 0 Å². The molecule has 0 saturated heterocycles. The molecule has 0 aromatic rings. The Morgan fingerprint density at radius 1 is 1.06 bits per heavy atom. The molecule has 3 atom stereocenters. The Kier molecular flexibility index (Phi) is 4.41. The molecule has 0 spiro atoms. The molecule has 1 N–H and O–H groups in total. The van der Waals surface area contributed by atoms with Crippen molar-refractivity contribution in [3.8, 4) is 0 Å². The maximum absolute atomic E-state index is 3.75. The second kappa shape index (κ2) is 5.53. The molecule has 0 heterocycles. The quantitative estimate of drug-likeness (QED) is 0.777. The first-order chi connectivity index (χ1) is 8.37. The third kappa shape index (κ3) is 3.98. The molecule has 1 heteroatoms. The van der Waals surface area contributed by atoms with Gasteiger partial charge < -0.3 is 5.32 Å². The Bertz CT molecular complexity index is 259. The van der Waals surface area contributed by atoms with Gasteiger partial charge in [-0.3, -0.25) is 0 Å². The van der Waals surface area contributed by atoms with Gasteiger partial charge in [-0.1, -0.05) is 13.8 Å². The summed E-state index contributed by atoms with van der Waals surface area (Å²) in [6.07, 6.45) is 7.48. The second-order valence-electron chi connectivity index (χ2n) is 8.21. The van der Waals surface area contributed by atoms with Crippen LogP contribution in [0.15, 0.2) is 0 Å². The third-order valence-corrected chi connectivity index (χ3v) is 5.15. The van der Waals surface area contributed by atoms with Crippen LogP contribution in [0.2, 0.25) is 0 Å². The van der Waals surface area contributed by atoms with E-state index >= 15 is 0 Å². The van der Waals surface area contributed by atoms with E-state index in [0.717, 1.165) is 29.6 Å². The lowest BCUT2D eigenvalue weighted by Crippen LogP contribution is -2.43. The molecular formula is C17H33N. The van der Waals surface area contributed by atoms with Crippen molar-refractivity contribution in [2.45, 2.75) is 72.3 Å². The molecule has 0 aliphatic heterocycles. The summed E-state index contributed by atoms with van der Waals surface area (Å²) in [6, 6.07) is 0. The Balaban J connectivity index is 1.89. The van der Waals surface area contributed by atoms with Crippen molar-refractivity contribution in [1.29, 1.82) is 0 Å². The van der Waals surface area contributed by atoms with E-state index in [4.69, 9.17) is 0 Å². The summed E-state index contributed by atoms with van der Waals surface area (Å²) in [5, 5.41) is 3.75. The van der Waals surface area contributed by atoms with Gasteiger partial charge in [0.1, 0.15) is 0 Å². The van der Waals surface area contributed by atoms with Crippen LogP contribution in [0.1, 0.15) is 66.7 Å². The molecule has 0 radical (unpaired) electrons. The van der Waals surface area contributed by atoms with E-state index in [1.807, 2.05) is 0 Å². The predicted octanol–water partition coefficient (Wildman–Crippen LogP) is 4.47. The molecule has 2 aliphatic carbocycles. The first-order valence-corrected chi connectivity index (χ1v) is 8.12. The van der Waals surface area contributed by atoms with Gasteiger partial charge in [0.15, 0.2) is 0 Å². The van der Waals surface area contributed by atoms with E-state index in [2.05, 4.69) is 39.9 Å². The minimum absolute atomic E-state index is 0.281. The van der Waals surface area contributed by atoms with Gasteiger partial charge >= 0.3 is 0 Å². The summed E-state index contributed by atoms with van der Waals surface area (Å²) in [5.41, 5.74) is 0.281. The number of nitrogens with one attached hydrogen (secondary N) is 1. The average molecular weight is 251 g/mol. The van der Waals surface area contributed by atoms with Crippen LogP contribution >= 0.6 is 0 Å². The van der Waals surface area contributed by atoms with Crippen molar-refractivity contribution in [1.82, 2.24) is 5.32 Å². The van der Waals surface area contributed by atoms with Crippen molar-refractivity contribution in [3.63, 3.8) is 0 Å². The Labute approximate surface area is 114 Å². The molecule has 2 rings (SSSR count). The Morgan fingerprint density at radius 2 is 1.72 bits per heavy atom. The van der Waals surface area contributed by atoms with Crippen molar-refractivity contribution in [3.05, 3.63) is 0 Å². The van der Waals surface area contributed by atoms with E-state index in [1.54, 1.807) is 0 Å². The molecule has 18 heavy (non-hydrogen) atoms. The van der Waals surface area contributed by atoms with E-state index in [1.165, 1.54) is 38.6 Å². The van der Waals surface area contributed by atoms with E-state index in [-0.39, 0.29) is 5.54 Å². The van der Waals surface area contributed by atoms with Gasteiger partial charge in [0, 0.05) is 5.54 Å². The maximum atomic E-state index is 3.75. The smallest absolute Gasteiger partial charge is 0.00966 e. The van der Waals surface area contributed by atoms with Gasteiger partial charge in [-0.15, -0.1) is 0 Å². The van der Waals surface area contributed by atoms with Gasteiger partial charge in [-0.05, 0) is 89.0 Å². The molecule has 3 unspecified atom stereocenters. The normalized spacial score (nSPS) is 34.0. The Hall–Kier alpha value is -0.0400. The third-order valence-electron chi connectivity index (χ3n) is 5.15. The highest BCUT2D eigenvalue weighted by molar-refractivity contribution is 4.92. The molecule has 106 valence electrons. The number of hydrogen-bond acceptors (Lipinski definition) is 1. The largest absolute Gasteiger partial charge is 0.312 e. The first kappa shape index (κ1) is 14.4. The van der Waals surface area contributed by atoms with Crippen LogP contribution in [-0.4, -0.2) is 12.1 Å². The number of rotatable bonds is 4. The van der Waals surface area contributed by atoms with Gasteiger partial charge in [0.05, 0.1) is 0 Å². The van der Waals surface area contributed by atoms with Crippen molar-refractivity contribution in [2.75, 3.05) is 6.54 Å². The van der Waals surface area contributed by atoms with Gasteiger partial charge in [0.25, 0.3) is 0 Å². The summed E-state index contributed by atoms with van der Waals surface area (Å²) < 4.78 is 0. The standard InChI is InChI=1S/C17H33N/c1-12(2)14-8-9-15(11-18-17(3,4)5)16(10-14)13-6-7-13/h12-16,18H,6-11H2,1-5H3. The summed E-state index contributed by atoms with van der Waals surface area (Å²) in [7, 11) is 0. The highest BCUT2D eigenvalue weighted by Crippen LogP contribution is 2.49. The highest BCUT2D eigenvalue weighted by Gasteiger charge is 2.40. The molecular weight excluding hydrogens is 218 g/mol. The van der Waals surface area contributed by atoms with Crippen LogP contribution in [0.3, 0.4) is 0 Å². The molecule has 2 aliphatic rings. The van der Waals surface area contributed by atoms with Crippen molar-refractivity contribution >= 4 is 0 Å². The maximum Gasteiger partial charge on any atom is 0.00966 e. The average Bonchev–Trinajstić information content (AvgIpc) is 3.08. The SMILES string of the molecule is CC(C)C1CCC(CNC(C)(C)C)C(C2CC2)C1. The summed E-state index contributed by atoms with van der Waals surface area (Å²) in [6.45, 7) is 13.0. The van der Waals surface area contributed by atoms with Crippen molar-refractivity contribution < 1.29 is 0 Å². The zero-order chi connectivity index (χ0) is 13.3. The lowest BCUT2D eigenvalue weighted by Gasteiger charge is -2.39. The fraction of sp³-hybridized carbons (Fsp3) is 1.00. The summed E-state index contributed by atoms with van der Waals surface area (Å²) in [4.78, 5) is 0. The van der Waals surface area contributed by atoms with Crippen LogP contribution in [0, 0.1) is 29.6 Å². The van der Waals surface area contributed by atoms with E-state index in [0.29, 0.717) is 0 Å². The van der Waals surface area contributed by atoms with E-state index in [9.17, 15) is 0 Å². The molecule has 0 aromatic heterocycles. The minimum Gasteiger partial charge on any atom is -0.312 e. The monoisotopic (exact) mass is 251 g/mol. The first-order valence-electron chi connectivity index (χ1n) is 8.12. The number of hydrogen-bond donors (Lipinski definition) is 1. The highest BCUT2D eigenvalue weighted by atomic mass is 14.9. The zero-order valence-electron chi connectivity index (χ0n) is 13.1. The summed E-state index contributed by atoms with van der Waals surface area (Å²) >= 11 is 0. The van der Waals surface area contributed by atoms with Crippen LogP contribution in [-0.2, 0) is 0 Å². The van der Waals surface area contributed by atoms with Crippen LogP contribution in [0.4, 0.5) is 0 Å². The topological polar surface area (TPSA) is 12.0 Å². The van der Waals surface area contributed by atoms with Gasteiger partial charge in [0.2, 0.25) is 0 Å². The minimum atomic E-state index is 0.281. The lowest BCUT2D eigenvalue weighted by atomic mass is 9.68. The van der Waals surface area contributed by atoms with Gasteiger partial charge in [-0.25, -0.2) is 0 Å². The lowest BCUT2D eigenvalue weighted by molar-refractivity contribution is 0.123. The molecule has 0 aromatic carbocycles. The summed E-state index contributed by atoms with van der Waals surface area (Å²) in [5.74, 6) is 4.95. The molecule has 2 fully saturated rings.